The number of nitrogens with one attached hydrogen (secondary N) is 3. The molecule has 2 aromatic carbocycles. The summed E-state index contributed by atoms with van der Waals surface area (Å²) in [5, 5.41) is 13.6. The maximum atomic E-state index is 13.0. The van der Waals surface area contributed by atoms with Crippen molar-refractivity contribution < 1.29 is 4.79 Å². The van der Waals surface area contributed by atoms with Gasteiger partial charge in [-0.1, -0.05) is 42.5 Å². The number of rotatable bonds is 5. The van der Waals surface area contributed by atoms with Crippen LogP contribution in [0.2, 0.25) is 0 Å². The molecule has 148 valence electrons. The summed E-state index contributed by atoms with van der Waals surface area (Å²) in [6.45, 7) is 0.413. The number of fused-ring (bicyclic) bond motifs is 2. The van der Waals surface area contributed by atoms with Crippen LogP contribution in [0.25, 0.3) is 21.7 Å². The van der Waals surface area contributed by atoms with Gasteiger partial charge in [0.25, 0.3) is 11.5 Å². The first-order valence-electron chi connectivity index (χ1n) is 9.57. The van der Waals surface area contributed by atoms with E-state index in [9.17, 15) is 9.59 Å². The molecule has 6 nitrogen and oxygen atoms in total. The summed E-state index contributed by atoms with van der Waals surface area (Å²) in [6, 6.07) is 19.2. The lowest BCUT2D eigenvalue weighted by atomic mass is 9.96. The van der Waals surface area contributed by atoms with Crippen molar-refractivity contribution >= 4 is 38.9 Å². The highest BCUT2D eigenvalue weighted by Gasteiger charge is 2.21. The highest BCUT2D eigenvalue weighted by Crippen LogP contribution is 2.32. The summed E-state index contributed by atoms with van der Waals surface area (Å²) >= 11 is 1.66. The van der Waals surface area contributed by atoms with E-state index >= 15 is 0 Å². The second-order valence-electron chi connectivity index (χ2n) is 7.01. The molecule has 1 amide bonds. The Kier molecular flexibility index (Phi) is 4.65. The number of benzene rings is 2. The molecule has 7 heteroatoms. The Morgan fingerprint density at radius 2 is 1.77 bits per heavy atom. The fourth-order valence-electron chi connectivity index (χ4n) is 3.80. The van der Waals surface area contributed by atoms with Gasteiger partial charge >= 0.3 is 0 Å². The van der Waals surface area contributed by atoms with E-state index in [-0.39, 0.29) is 23.1 Å². The molecule has 0 aliphatic rings. The molecule has 0 spiro atoms. The van der Waals surface area contributed by atoms with E-state index in [0.29, 0.717) is 17.3 Å². The van der Waals surface area contributed by atoms with Gasteiger partial charge in [0.1, 0.15) is 0 Å². The van der Waals surface area contributed by atoms with Crippen molar-refractivity contribution in [2.45, 2.75) is 5.92 Å². The molecule has 0 fully saturated rings. The van der Waals surface area contributed by atoms with Crippen LogP contribution in [0.4, 0.5) is 0 Å². The molecule has 30 heavy (non-hydrogen) atoms. The first-order valence-corrected chi connectivity index (χ1v) is 10.5. The summed E-state index contributed by atoms with van der Waals surface area (Å²) in [6.07, 6.45) is 2.01. The van der Waals surface area contributed by atoms with Gasteiger partial charge in [-0.05, 0) is 29.1 Å². The molecular formula is C23H18N4O2S. The van der Waals surface area contributed by atoms with E-state index in [2.05, 4.69) is 32.6 Å². The van der Waals surface area contributed by atoms with E-state index in [1.54, 1.807) is 35.6 Å². The molecule has 5 rings (SSSR count). The van der Waals surface area contributed by atoms with Gasteiger partial charge in [0, 0.05) is 39.8 Å². The lowest BCUT2D eigenvalue weighted by Gasteiger charge is -2.16. The summed E-state index contributed by atoms with van der Waals surface area (Å²) in [7, 11) is 0. The molecule has 0 saturated heterocycles. The third-order valence-corrected chi connectivity index (χ3v) is 6.25. The normalized spacial score (nSPS) is 12.3. The van der Waals surface area contributed by atoms with Crippen LogP contribution in [-0.4, -0.2) is 27.6 Å². The zero-order chi connectivity index (χ0) is 20.5. The Balaban J connectivity index is 1.48. The molecular weight excluding hydrogens is 396 g/mol. The average Bonchev–Trinajstić information content (AvgIpc) is 3.45. The maximum Gasteiger partial charge on any atom is 0.272 e. The number of H-pyrrole nitrogens is 2. The molecule has 0 aliphatic carbocycles. The molecule has 5 aromatic rings. The Morgan fingerprint density at radius 1 is 1.00 bits per heavy atom. The monoisotopic (exact) mass is 414 g/mol. The largest absolute Gasteiger partial charge is 0.361 e. The van der Waals surface area contributed by atoms with Gasteiger partial charge in [0.2, 0.25) is 0 Å². The molecule has 1 atom stereocenters. The molecule has 0 unspecified atom stereocenters. The van der Waals surface area contributed by atoms with E-state index in [4.69, 9.17) is 0 Å². The summed E-state index contributed by atoms with van der Waals surface area (Å²) < 4.78 is 0. The Morgan fingerprint density at radius 3 is 2.57 bits per heavy atom. The number of aromatic amines is 2. The van der Waals surface area contributed by atoms with Crippen molar-refractivity contribution in [3.63, 3.8) is 0 Å². The Labute approximate surface area is 175 Å². The number of thiophene rings is 1. The molecule has 3 aromatic heterocycles. The van der Waals surface area contributed by atoms with Crippen molar-refractivity contribution in [2.75, 3.05) is 6.54 Å². The number of hydrogen-bond acceptors (Lipinski definition) is 4. The first kappa shape index (κ1) is 18.3. The van der Waals surface area contributed by atoms with Gasteiger partial charge in [-0.15, -0.1) is 11.3 Å². The number of hydrogen-bond donors (Lipinski definition) is 3. The van der Waals surface area contributed by atoms with Gasteiger partial charge in [0.15, 0.2) is 5.69 Å². The third-order valence-electron chi connectivity index (χ3n) is 5.26. The van der Waals surface area contributed by atoms with Crippen molar-refractivity contribution in [2.24, 2.45) is 0 Å². The minimum absolute atomic E-state index is 0.000810. The Hall–Kier alpha value is -3.71. The number of para-hydroxylation sites is 1. The van der Waals surface area contributed by atoms with Gasteiger partial charge in [-0.2, -0.15) is 5.10 Å². The second-order valence-corrected chi connectivity index (χ2v) is 7.99. The molecule has 3 N–H and O–H groups in total. The van der Waals surface area contributed by atoms with Crippen molar-refractivity contribution in [1.29, 1.82) is 0 Å². The standard InChI is InChI=1S/C23H18N4O2S/c28-22-16-8-2-1-7-15(16)21(26-27-22)23(29)25-13-18(20-10-5-11-30-20)17-12-24-19-9-4-3-6-14(17)19/h1-12,18,24H,13H2,(H,25,29)(H,27,28)/t18-/m1/s1. The first-order chi connectivity index (χ1) is 14.7. The molecule has 3 heterocycles. The maximum absolute atomic E-state index is 13.0. The highest BCUT2D eigenvalue weighted by molar-refractivity contribution is 7.10. The lowest BCUT2D eigenvalue weighted by Crippen LogP contribution is -2.30. The number of nitrogens with zero attached hydrogens (tertiary/aromatic N) is 1. The van der Waals surface area contributed by atoms with Crippen LogP contribution in [0, 0.1) is 0 Å². The zero-order valence-corrected chi connectivity index (χ0v) is 16.7. The molecule has 0 bridgehead atoms. The minimum atomic E-state index is -0.316. The van der Waals surface area contributed by atoms with E-state index in [1.165, 1.54) is 4.88 Å². The number of carbonyl (C=O) groups excluding carboxylic acids is 1. The Bertz CT molecular complexity index is 1400. The molecule has 0 saturated carbocycles. The highest BCUT2D eigenvalue weighted by atomic mass is 32.1. The van der Waals surface area contributed by atoms with Crippen LogP contribution in [0.1, 0.15) is 26.8 Å². The van der Waals surface area contributed by atoms with E-state index in [0.717, 1.165) is 16.5 Å². The second kappa shape index (κ2) is 7.61. The fourth-order valence-corrected chi connectivity index (χ4v) is 4.65. The van der Waals surface area contributed by atoms with Gasteiger partial charge < -0.3 is 10.3 Å². The van der Waals surface area contributed by atoms with Crippen LogP contribution in [0.5, 0.6) is 0 Å². The van der Waals surface area contributed by atoms with E-state index < -0.39 is 0 Å². The number of amides is 1. The smallest absolute Gasteiger partial charge is 0.272 e. The van der Waals surface area contributed by atoms with Crippen LogP contribution >= 0.6 is 11.3 Å². The van der Waals surface area contributed by atoms with Crippen LogP contribution in [0.15, 0.2) is 77.0 Å². The lowest BCUT2D eigenvalue weighted by molar-refractivity contribution is 0.0948. The summed E-state index contributed by atoms with van der Waals surface area (Å²) in [5.41, 5.74) is 2.10. The predicted octanol–water partition coefficient (Wildman–Crippen LogP) is 4.03. The average molecular weight is 414 g/mol. The van der Waals surface area contributed by atoms with Crippen molar-refractivity contribution in [3.05, 3.63) is 98.7 Å². The topological polar surface area (TPSA) is 90.6 Å². The fraction of sp³-hybridized carbons (Fsp3) is 0.0870. The van der Waals surface area contributed by atoms with E-state index in [1.807, 2.05) is 35.8 Å². The predicted molar refractivity (Wildman–Crippen MR) is 119 cm³/mol. The van der Waals surface area contributed by atoms with Crippen LogP contribution in [-0.2, 0) is 0 Å². The van der Waals surface area contributed by atoms with Gasteiger partial charge in [-0.3, -0.25) is 9.59 Å². The van der Waals surface area contributed by atoms with Crippen molar-refractivity contribution in [1.82, 2.24) is 20.5 Å². The van der Waals surface area contributed by atoms with Gasteiger partial charge in [0.05, 0.1) is 5.39 Å². The van der Waals surface area contributed by atoms with Gasteiger partial charge in [-0.25, -0.2) is 5.10 Å². The summed E-state index contributed by atoms with van der Waals surface area (Å²) in [4.78, 5) is 29.5. The quantitative estimate of drug-likeness (QED) is 0.406. The zero-order valence-electron chi connectivity index (χ0n) is 15.9. The van der Waals surface area contributed by atoms with Crippen LogP contribution < -0.4 is 10.9 Å². The molecule has 0 radical (unpaired) electrons. The molecule has 0 aliphatic heterocycles. The third kappa shape index (κ3) is 3.19. The van der Waals surface area contributed by atoms with Crippen molar-refractivity contribution in [3.8, 4) is 0 Å². The van der Waals surface area contributed by atoms with Crippen LogP contribution in [0.3, 0.4) is 0 Å². The number of aromatic nitrogens is 3. The summed E-state index contributed by atoms with van der Waals surface area (Å²) in [5.74, 6) is -0.317. The SMILES string of the molecule is O=C(NC[C@@H](c1cccs1)c1c[nH]c2ccccc12)c1n[nH]c(=O)c2ccccc12. The minimum Gasteiger partial charge on any atom is -0.361 e. The number of carbonyl (C=O) groups is 1.